The Bertz CT molecular complexity index is 439. The Balaban J connectivity index is 1.87. The van der Waals surface area contributed by atoms with Gasteiger partial charge in [-0.1, -0.05) is 12.8 Å². The SMILES string of the molecule is COc1nc(C2CC2)nc(NC2CCCC2)c1N. The lowest BCUT2D eigenvalue weighted by Gasteiger charge is -2.16. The van der Waals surface area contributed by atoms with Gasteiger partial charge in [0.2, 0.25) is 5.88 Å². The molecule has 1 aromatic heterocycles. The third kappa shape index (κ3) is 2.21. The summed E-state index contributed by atoms with van der Waals surface area (Å²) >= 11 is 0. The zero-order valence-electron chi connectivity index (χ0n) is 10.8. The van der Waals surface area contributed by atoms with Crippen molar-refractivity contribution in [2.45, 2.75) is 50.5 Å². The second-order valence-electron chi connectivity index (χ2n) is 5.25. The lowest BCUT2D eigenvalue weighted by atomic mass is 10.2. The minimum atomic E-state index is 0.499. The summed E-state index contributed by atoms with van der Waals surface area (Å²) in [5.41, 5.74) is 6.58. The first-order valence-electron chi connectivity index (χ1n) is 6.76. The molecule has 0 spiro atoms. The molecule has 0 amide bonds. The highest BCUT2D eigenvalue weighted by Crippen LogP contribution is 2.41. The molecule has 2 fully saturated rings. The summed E-state index contributed by atoms with van der Waals surface area (Å²) in [6.45, 7) is 0. The molecule has 2 saturated carbocycles. The molecule has 3 rings (SSSR count). The summed E-state index contributed by atoms with van der Waals surface area (Å²) in [6, 6.07) is 0.499. The van der Waals surface area contributed by atoms with E-state index in [0.29, 0.717) is 23.5 Å². The second-order valence-corrected chi connectivity index (χ2v) is 5.25. The first-order valence-corrected chi connectivity index (χ1v) is 6.76. The van der Waals surface area contributed by atoms with Crippen LogP contribution in [0.15, 0.2) is 0 Å². The van der Waals surface area contributed by atoms with Gasteiger partial charge in [0.1, 0.15) is 11.5 Å². The average molecular weight is 248 g/mol. The van der Waals surface area contributed by atoms with E-state index in [-0.39, 0.29) is 0 Å². The van der Waals surface area contributed by atoms with Crippen LogP contribution in [0.3, 0.4) is 0 Å². The van der Waals surface area contributed by atoms with Gasteiger partial charge < -0.3 is 15.8 Å². The molecule has 0 saturated heterocycles. The van der Waals surface area contributed by atoms with Crippen molar-refractivity contribution < 1.29 is 4.74 Å². The molecular weight excluding hydrogens is 228 g/mol. The molecule has 1 aromatic rings. The molecule has 18 heavy (non-hydrogen) atoms. The van der Waals surface area contributed by atoms with Crippen molar-refractivity contribution in [3.8, 4) is 5.88 Å². The minimum absolute atomic E-state index is 0.499. The van der Waals surface area contributed by atoms with Gasteiger partial charge in [0.15, 0.2) is 5.82 Å². The fourth-order valence-corrected chi connectivity index (χ4v) is 2.52. The summed E-state index contributed by atoms with van der Waals surface area (Å²) in [6.07, 6.45) is 7.32. The van der Waals surface area contributed by atoms with Crippen molar-refractivity contribution in [1.82, 2.24) is 9.97 Å². The average Bonchev–Trinajstić information content (AvgIpc) is 3.11. The molecule has 0 radical (unpaired) electrons. The predicted molar refractivity (Wildman–Crippen MR) is 70.9 cm³/mol. The number of methoxy groups -OCH3 is 1. The first-order chi connectivity index (χ1) is 8.78. The molecule has 5 nitrogen and oxygen atoms in total. The van der Waals surface area contributed by atoms with Crippen molar-refractivity contribution >= 4 is 11.5 Å². The van der Waals surface area contributed by atoms with Gasteiger partial charge >= 0.3 is 0 Å². The monoisotopic (exact) mass is 248 g/mol. The van der Waals surface area contributed by atoms with Gasteiger partial charge in [-0.25, -0.2) is 4.98 Å². The Morgan fingerprint density at radius 1 is 1.17 bits per heavy atom. The lowest BCUT2D eigenvalue weighted by molar-refractivity contribution is 0.397. The summed E-state index contributed by atoms with van der Waals surface area (Å²) in [7, 11) is 1.61. The van der Waals surface area contributed by atoms with E-state index in [1.165, 1.54) is 38.5 Å². The number of hydrogen-bond acceptors (Lipinski definition) is 5. The molecule has 0 aromatic carbocycles. The van der Waals surface area contributed by atoms with Gasteiger partial charge in [-0.15, -0.1) is 0 Å². The number of nitrogens with two attached hydrogens (primary N) is 1. The van der Waals surface area contributed by atoms with E-state index in [1.807, 2.05) is 0 Å². The van der Waals surface area contributed by atoms with Gasteiger partial charge in [0.25, 0.3) is 0 Å². The first kappa shape index (κ1) is 11.6. The number of nitrogens with zero attached hydrogens (tertiary/aromatic N) is 2. The molecule has 0 bridgehead atoms. The maximum Gasteiger partial charge on any atom is 0.242 e. The lowest BCUT2D eigenvalue weighted by Crippen LogP contribution is -2.18. The zero-order chi connectivity index (χ0) is 12.5. The van der Waals surface area contributed by atoms with Crippen LogP contribution in [0.4, 0.5) is 11.5 Å². The smallest absolute Gasteiger partial charge is 0.242 e. The standard InChI is InChI=1S/C13H20N4O/c1-18-13-10(14)12(15-9-4-2-3-5-9)16-11(17-13)8-6-7-8/h8-9H,2-7,14H2,1H3,(H,15,16,17). The Morgan fingerprint density at radius 2 is 1.89 bits per heavy atom. The van der Waals surface area contributed by atoms with Crippen molar-refractivity contribution in [1.29, 1.82) is 0 Å². The highest BCUT2D eigenvalue weighted by molar-refractivity contribution is 5.67. The van der Waals surface area contributed by atoms with Crippen LogP contribution in [0, 0.1) is 0 Å². The van der Waals surface area contributed by atoms with Crippen molar-refractivity contribution in [2.24, 2.45) is 0 Å². The van der Waals surface area contributed by atoms with E-state index in [4.69, 9.17) is 10.5 Å². The molecule has 1 heterocycles. The zero-order valence-corrected chi connectivity index (χ0v) is 10.8. The second kappa shape index (κ2) is 4.63. The molecule has 3 N–H and O–H groups in total. The predicted octanol–water partition coefficient (Wildman–Crippen LogP) is 2.30. The Hall–Kier alpha value is -1.52. The molecule has 5 heteroatoms. The fourth-order valence-electron chi connectivity index (χ4n) is 2.52. The van der Waals surface area contributed by atoms with E-state index < -0.39 is 0 Å². The van der Waals surface area contributed by atoms with Gasteiger partial charge in [0.05, 0.1) is 7.11 Å². The minimum Gasteiger partial charge on any atom is -0.479 e. The summed E-state index contributed by atoms with van der Waals surface area (Å²) in [5.74, 6) is 2.65. The highest BCUT2D eigenvalue weighted by atomic mass is 16.5. The number of aromatic nitrogens is 2. The number of nitrogens with one attached hydrogen (secondary N) is 1. The summed E-state index contributed by atoms with van der Waals surface area (Å²) < 4.78 is 5.25. The van der Waals surface area contributed by atoms with Crippen LogP contribution in [0.25, 0.3) is 0 Å². The van der Waals surface area contributed by atoms with Gasteiger partial charge in [-0.2, -0.15) is 4.98 Å². The maximum absolute atomic E-state index is 6.05. The van der Waals surface area contributed by atoms with Gasteiger partial charge in [0, 0.05) is 12.0 Å². The molecule has 2 aliphatic rings. The number of ether oxygens (including phenoxy) is 1. The molecule has 0 aliphatic heterocycles. The van der Waals surface area contributed by atoms with Crippen LogP contribution in [0.5, 0.6) is 5.88 Å². The Labute approximate surface area is 107 Å². The molecule has 2 aliphatic carbocycles. The van der Waals surface area contributed by atoms with Crippen molar-refractivity contribution in [3.05, 3.63) is 5.82 Å². The van der Waals surface area contributed by atoms with Crippen LogP contribution >= 0.6 is 0 Å². The summed E-state index contributed by atoms with van der Waals surface area (Å²) in [5, 5.41) is 3.45. The normalized spacial score (nSPS) is 20.1. The quantitative estimate of drug-likeness (QED) is 0.855. The van der Waals surface area contributed by atoms with E-state index in [1.54, 1.807) is 7.11 Å². The van der Waals surface area contributed by atoms with Crippen molar-refractivity contribution in [2.75, 3.05) is 18.2 Å². The number of anilines is 2. The number of hydrogen-bond donors (Lipinski definition) is 2. The van der Waals surface area contributed by atoms with Crippen LogP contribution < -0.4 is 15.8 Å². The van der Waals surface area contributed by atoms with Crippen LogP contribution in [0.2, 0.25) is 0 Å². The van der Waals surface area contributed by atoms with E-state index >= 15 is 0 Å². The maximum atomic E-state index is 6.05. The Morgan fingerprint density at radius 3 is 2.50 bits per heavy atom. The van der Waals surface area contributed by atoms with Crippen molar-refractivity contribution in [3.63, 3.8) is 0 Å². The van der Waals surface area contributed by atoms with Crippen LogP contribution in [-0.4, -0.2) is 23.1 Å². The third-order valence-corrected chi connectivity index (χ3v) is 3.76. The molecule has 98 valence electrons. The molecule has 0 unspecified atom stereocenters. The van der Waals surface area contributed by atoms with Crippen LogP contribution in [-0.2, 0) is 0 Å². The van der Waals surface area contributed by atoms with E-state index in [0.717, 1.165) is 11.6 Å². The number of nitrogen functional groups attached to an aromatic ring is 1. The Kier molecular flexibility index (Phi) is 2.97. The van der Waals surface area contributed by atoms with E-state index in [2.05, 4.69) is 15.3 Å². The van der Waals surface area contributed by atoms with Gasteiger partial charge in [-0.05, 0) is 25.7 Å². The number of rotatable bonds is 4. The van der Waals surface area contributed by atoms with Crippen LogP contribution in [0.1, 0.15) is 50.3 Å². The third-order valence-electron chi connectivity index (χ3n) is 3.76. The molecular formula is C13H20N4O. The largest absolute Gasteiger partial charge is 0.479 e. The fraction of sp³-hybridized carbons (Fsp3) is 0.692. The summed E-state index contributed by atoms with van der Waals surface area (Å²) in [4.78, 5) is 8.97. The topological polar surface area (TPSA) is 73.1 Å². The highest BCUT2D eigenvalue weighted by Gasteiger charge is 2.29. The van der Waals surface area contributed by atoms with E-state index in [9.17, 15) is 0 Å². The molecule has 0 atom stereocenters. The van der Waals surface area contributed by atoms with Gasteiger partial charge in [-0.3, -0.25) is 0 Å².